The number of para-hydroxylation sites is 1. The van der Waals surface area contributed by atoms with Gasteiger partial charge >= 0.3 is 31.1 Å². The maximum atomic E-state index is 5.56. The molecule has 0 aliphatic rings. The Balaban J connectivity index is 0.000000980. The van der Waals surface area contributed by atoms with Crippen LogP contribution in [0.2, 0.25) is 0 Å². The Kier molecular flexibility index (Phi) is 7.21. The number of rotatable bonds is 2. The normalized spacial score (nSPS) is 8.27. The van der Waals surface area contributed by atoms with Gasteiger partial charge in [0.15, 0.2) is 0 Å². The van der Waals surface area contributed by atoms with E-state index in [1.807, 2.05) is 54.6 Å². The van der Waals surface area contributed by atoms with Gasteiger partial charge in [-0.15, -0.1) is 12.1 Å². The molecular formula is C13H12OU. The van der Waals surface area contributed by atoms with Crippen LogP contribution in [0.4, 0.5) is 0 Å². The van der Waals surface area contributed by atoms with Gasteiger partial charge in [0.2, 0.25) is 0 Å². The molecule has 0 aliphatic carbocycles. The van der Waals surface area contributed by atoms with Gasteiger partial charge in [0.1, 0.15) is 5.75 Å². The van der Waals surface area contributed by atoms with E-state index in [9.17, 15) is 0 Å². The first-order chi connectivity index (χ1) is 6.45. The molecule has 2 heteroatoms. The van der Waals surface area contributed by atoms with Crippen molar-refractivity contribution in [1.29, 1.82) is 0 Å². The SMILES string of the molecule is [CH3-].[U+2].[c-]1ccc(Oc2ccccc2)cc1. The Bertz CT molecular complexity index is 321. The monoisotopic (exact) mass is 422 g/mol. The molecule has 74 valence electrons. The second-order valence-corrected chi connectivity index (χ2v) is 2.65. The van der Waals surface area contributed by atoms with Gasteiger partial charge in [0, 0.05) is 5.75 Å². The third-order valence-corrected chi connectivity index (χ3v) is 1.67. The average Bonchev–Trinajstić information content (AvgIpc) is 2.21. The van der Waals surface area contributed by atoms with Crippen LogP contribution in [0.5, 0.6) is 11.5 Å². The van der Waals surface area contributed by atoms with Crippen LogP contribution in [-0.2, 0) is 0 Å². The van der Waals surface area contributed by atoms with Crippen molar-refractivity contribution in [3.05, 3.63) is 68.1 Å². The summed E-state index contributed by atoms with van der Waals surface area (Å²) in [5.74, 6) is 1.69. The molecule has 2 aromatic carbocycles. The minimum atomic E-state index is 0. The van der Waals surface area contributed by atoms with Gasteiger partial charge in [0.25, 0.3) is 0 Å². The molecule has 0 heterocycles. The van der Waals surface area contributed by atoms with Crippen molar-refractivity contribution in [3.63, 3.8) is 0 Å². The summed E-state index contributed by atoms with van der Waals surface area (Å²) >= 11 is 0. The van der Waals surface area contributed by atoms with Crippen molar-refractivity contribution in [2.24, 2.45) is 0 Å². The van der Waals surface area contributed by atoms with Crippen molar-refractivity contribution in [1.82, 2.24) is 0 Å². The summed E-state index contributed by atoms with van der Waals surface area (Å²) in [6, 6.07) is 20.1. The molecule has 0 aliphatic heterocycles. The van der Waals surface area contributed by atoms with Gasteiger partial charge in [-0.25, -0.2) is 0 Å². The van der Waals surface area contributed by atoms with Crippen molar-refractivity contribution in [2.45, 2.75) is 0 Å². The summed E-state index contributed by atoms with van der Waals surface area (Å²) in [5.41, 5.74) is 0. The maximum Gasteiger partial charge on any atom is 2.00 e. The second-order valence-electron chi connectivity index (χ2n) is 2.65. The Morgan fingerprint density at radius 3 is 1.93 bits per heavy atom. The maximum absolute atomic E-state index is 5.56. The van der Waals surface area contributed by atoms with Crippen LogP contribution in [-0.4, -0.2) is 0 Å². The van der Waals surface area contributed by atoms with Gasteiger partial charge in [0.05, 0.1) is 0 Å². The fourth-order valence-corrected chi connectivity index (χ4v) is 1.06. The van der Waals surface area contributed by atoms with Crippen molar-refractivity contribution >= 4 is 0 Å². The molecule has 0 saturated carbocycles. The zero-order chi connectivity index (χ0) is 8.93. The van der Waals surface area contributed by atoms with Crippen LogP contribution in [0.1, 0.15) is 0 Å². The number of benzene rings is 2. The standard InChI is InChI=1S/C12H9O.CH3.U/c1-3-7-11(8-4-1)13-12-9-5-2-6-10-12;;/h1,3-10H;1H3;/q2*-1;+2. The number of hydrogen-bond acceptors (Lipinski definition) is 1. The van der Waals surface area contributed by atoms with Crippen molar-refractivity contribution in [2.75, 3.05) is 0 Å². The van der Waals surface area contributed by atoms with E-state index in [-0.39, 0.29) is 38.5 Å². The molecule has 2 aromatic rings. The fourth-order valence-electron chi connectivity index (χ4n) is 1.06. The third kappa shape index (κ3) is 4.55. The molecule has 1 nitrogen and oxygen atoms in total. The van der Waals surface area contributed by atoms with E-state index in [1.54, 1.807) is 0 Å². The Morgan fingerprint density at radius 1 is 0.800 bits per heavy atom. The molecule has 0 N–H and O–H groups in total. The molecule has 0 aromatic heterocycles. The molecule has 15 heavy (non-hydrogen) atoms. The average molecular weight is 422 g/mol. The summed E-state index contributed by atoms with van der Waals surface area (Å²) in [6.07, 6.45) is 0. The molecule has 0 atom stereocenters. The van der Waals surface area contributed by atoms with E-state index in [4.69, 9.17) is 4.74 Å². The van der Waals surface area contributed by atoms with E-state index >= 15 is 0 Å². The molecule has 2 rings (SSSR count). The summed E-state index contributed by atoms with van der Waals surface area (Å²) in [5, 5.41) is 0. The van der Waals surface area contributed by atoms with E-state index in [0.717, 1.165) is 11.5 Å². The van der Waals surface area contributed by atoms with E-state index in [2.05, 4.69) is 6.07 Å². The zero-order valence-corrected chi connectivity index (χ0v) is 12.8. The zero-order valence-electron chi connectivity index (χ0n) is 8.60. The van der Waals surface area contributed by atoms with Crippen LogP contribution < -0.4 is 4.74 Å². The minimum absolute atomic E-state index is 0. The predicted octanol–water partition coefficient (Wildman–Crippen LogP) is 3.73. The van der Waals surface area contributed by atoms with Crippen molar-refractivity contribution in [3.8, 4) is 11.5 Å². The van der Waals surface area contributed by atoms with Crippen LogP contribution in [0.25, 0.3) is 0 Å². The van der Waals surface area contributed by atoms with Crippen LogP contribution in [0.3, 0.4) is 0 Å². The van der Waals surface area contributed by atoms with Gasteiger partial charge < -0.3 is 12.2 Å². The molecular weight excluding hydrogens is 410 g/mol. The van der Waals surface area contributed by atoms with Gasteiger partial charge in [-0.1, -0.05) is 18.2 Å². The fraction of sp³-hybridized carbons (Fsp3) is 0. The Morgan fingerprint density at radius 2 is 1.33 bits per heavy atom. The predicted molar refractivity (Wildman–Crippen MR) is 58.2 cm³/mol. The van der Waals surface area contributed by atoms with Crippen molar-refractivity contribution < 1.29 is 35.9 Å². The second kappa shape index (κ2) is 7.57. The van der Waals surface area contributed by atoms with E-state index in [1.165, 1.54) is 0 Å². The molecule has 0 saturated heterocycles. The van der Waals surface area contributed by atoms with Gasteiger partial charge in [-0.2, -0.15) is 18.2 Å². The summed E-state index contributed by atoms with van der Waals surface area (Å²) in [6.45, 7) is 0. The molecule has 0 unspecified atom stereocenters. The first kappa shape index (κ1) is 14.3. The molecule has 0 bridgehead atoms. The quantitative estimate of drug-likeness (QED) is 0.671. The number of ether oxygens (including phenoxy) is 1. The summed E-state index contributed by atoms with van der Waals surface area (Å²) in [7, 11) is 0. The Labute approximate surface area is 115 Å². The van der Waals surface area contributed by atoms with Crippen LogP contribution >= 0.6 is 0 Å². The van der Waals surface area contributed by atoms with Crippen LogP contribution in [0.15, 0.2) is 54.6 Å². The first-order valence-corrected chi connectivity index (χ1v) is 4.14. The number of hydrogen-bond donors (Lipinski definition) is 0. The summed E-state index contributed by atoms with van der Waals surface area (Å²) < 4.78 is 5.56. The van der Waals surface area contributed by atoms with Crippen LogP contribution in [0, 0.1) is 44.6 Å². The molecule has 0 spiro atoms. The van der Waals surface area contributed by atoms with Gasteiger partial charge in [-0.05, 0) is 12.1 Å². The Hall–Kier alpha value is -0.708. The smallest absolute Gasteiger partial charge is 0.483 e. The largest absolute Gasteiger partial charge is 2.00 e. The first-order valence-electron chi connectivity index (χ1n) is 4.14. The molecule has 0 fully saturated rings. The topological polar surface area (TPSA) is 9.23 Å². The molecule has 0 radical (unpaired) electrons. The molecule has 0 amide bonds. The van der Waals surface area contributed by atoms with E-state index in [0.29, 0.717) is 0 Å². The third-order valence-electron chi connectivity index (χ3n) is 1.67. The minimum Gasteiger partial charge on any atom is -0.483 e. The summed E-state index contributed by atoms with van der Waals surface area (Å²) in [4.78, 5) is 0. The van der Waals surface area contributed by atoms with Gasteiger partial charge in [-0.3, -0.25) is 0 Å². The van der Waals surface area contributed by atoms with E-state index < -0.39 is 0 Å².